The van der Waals surface area contributed by atoms with E-state index in [-0.39, 0.29) is 16.4 Å². The molecule has 0 fully saturated rings. The zero-order valence-corrected chi connectivity index (χ0v) is 15.1. The molecule has 2 aromatic rings. The Morgan fingerprint density at radius 1 is 0.963 bits per heavy atom. The van der Waals surface area contributed by atoms with E-state index in [9.17, 15) is 22.8 Å². The number of hydrogen-bond donors (Lipinski definition) is 1. The van der Waals surface area contributed by atoms with Gasteiger partial charge >= 0.3 is 6.18 Å². The number of rotatable bonds is 3. The molecule has 1 heterocycles. The fourth-order valence-corrected chi connectivity index (χ4v) is 3.06. The van der Waals surface area contributed by atoms with Crippen molar-refractivity contribution in [3.63, 3.8) is 0 Å². The van der Waals surface area contributed by atoms with Crippen LogP contribution in [0.15, 0.2) is 53.2 Å². The van der Waals surface area contributed by atoms with E-state index in [2.05, 4.69) is 5.32 Å². The Balaban J connectivity index is 1.93. The number of anilines is 2. The lowest BCUT2D eigenvalue weighted by Gasteiger charge is -2.16. The van der Waals surface area contributed by atoms with Crippen molar-refractivity contribution in [2.45, 2.75) is 20.0 Å². The number of nitrogens with zero attached hydrogens (tertiary/aromatic N) is 1. The first kappa shape index (κ1) is 19.0. The summed E-state index contributed by atoms with van der Waals surface area (Å²) in [6.45, 7) is 3.64. The third-order valence-corrected chi connectivity index (χ3v) is 4.30. The lowest BCUT2D eigenvalue weighted by atomic mass is 10.1. The highest BCUT2D eigenvalue weighted by Crippen LogP contribution is 2.33. The summed E-state index contributed by atoms with van der Waals surface area (Å²) in [6, 6.07) is 9.48. The van der Waals surface area contributed by atoms with Crippen LogP contribution < -0.4 is 10.2 Å². The molecule has 27 heavy (non-hydrogen) atoms. The number of carbonyl (C=O) groups excluding carboxylic acids is 2. The minimum atomic E-state index is -4.53. The second-order valence-electron chi connectivity index (χ2n) is 6.18. The molecule has 0 aliphatic carbocycles. The molecule has 1 aliphatic heterocycles. The lowest BCUT2D eigenvalue weighted by molar-refractivity contribution is -0.137. The fraction of sp³-hybridized carbons (Fsp3) is 0.158. The third kappa shape index (κ3) is 3.68. The number of aryl methyl sites for hydroxylation is 2. The summed E-state index contributed by atoms with van der Waals surface area (Å²) in [4.78, 5) is 26.1. The van der Waals surface area contributed by atoms with Crippen molar-refractivity contribution in [3.05, 3.63) is 69.9 Å². The van der Waals surface area contributed by atoms with E-state index in [0.29, 0.717) is 5.69 Å². The SMILES string of the molecule is Cc1cc(C)cc(N2C(=O)C(Cl)=C(Nc3cccc(C(F)(F)F)c3)C2=O)c1. The van der Waals surface area contributed by atoms with Crippen molar-refractivity contribution in [1.82, 2.24) is 0 Å². The van der Waals surface area contributed by atoms with Gasteiger partial charge in [-0.3, -0.25) is 9.59 Å². The Hall–Kier alpha value is -2.80. The van der Waals surface area contributed by atoms with E-state index >= 15 is 0 Å². The molecule has 140 valence electrons. The summed E-state index contributed by atoms with van der Waals surface area (Å²) in [7, 11) is 0. The van der Waals surface area contributed by atoms with Crippen molar-refractivity contribution >= 4 is 34.8 Å². The molecule has 0 aromatic heterocycles. The molecule has 4 nitrogen and oxygen atoms in total. The van der Waals surface area contributed by atoms with Gasteiger partial charge in [0, 0.05) is 5.69 Å². The number of nitrogens with one attached hydrogen (secondary N) is 1. The van der Waals surface area contributed by atoms with Crippen LogP contribution in [0.2, 0.25) is 0 Å². The first-order chi connectivity index (χ1) is 12.6. The van der Waals surface area contributed by atoms with Crippen molar-refractivity contribution < 1.29 is 22.8 Å². The molecule has 0 bridgehead atoms. The molecular formula is C19H14ClF3N2O2. The van der Waals surface area contributed by atoms with Crippen LogP contribution in [0.4, 0.5) is 24.5 Å². The highest BCUT2D eigenvalue weighted by atomic mass is 35.5. The number of benzene rings is 2. The summed E-state index contributed by atoms with van der Waals surface area (Å²) in [5.74, 6) is -1.46. The van der Waals surface area contributed by atoms with Gasteiger partial charge in [-0.05, 0) is 55.3 Å². The largest absolute Gasteiger partial charge is 0.416 e. The van der Waals surface area contributed by atoms with Gasteiger partial charge < -0.3 is 5.32 Å². The van der Waals surface area contributed by atoms with Gasteiger partial charge in [0.1, 0.15) is 10.7 Å². The molecule has 0 saturated heterocycles. The molecule has 3 rings (SSSR count). The van der Waals surface area contributed by atoms with Crippen LogP contribution in [0.1, 0.15) is 16.7 Å². The van der Waals surface area contributed by atoms with Crippen LogP contribution in [0.25, 0.3) is 0 Å². The van der Waals surface area contributed by atoms with Crippen LogP contribution in [-0.2, 0) is 15.8 Å². The highest BCUT2D eigenvalue weighted by Gasteiger charge is 2.39. The van der Waals surface area contributed by atoms with Gasteiger partial charge in [-0.25, -0.2) is 4.90 Å². The normalized spacial score (nSPS) is 15.0. The minimum Gasteiger partial charge on any atom is -0.350 e. The minimum absolute atomic E-state index is 0.00129. The topological polar surface area (TPSA) is 49.4 Å². The van der Waals surface area contributed by atoms with Gasteiger partial charge in [0.25, 0.3) is 11.8 Å². The van der Waals surface area contributed by atoms with Crippen molar-refractivity contribution in [3.8, 4) is 0 Å². The fourth-order valence-electron chi connectivity index (χ4n) is 2.84. The van der Waals surface area contributed by atoms with Gasteiger partial charge in [-0.15, -0.1) is 0 Å². The molecule has 0 spiro atoms. The first-order valence-electron chi connectivity index (χ1n) is 7.89. The number of alkyl halides is 3. The average molecular weight is 395 g/mol. The van der Waals surface area contributed by atoms with E-state index < -0.39 is 23.6 Å². The van der Waals surface area contributed by atoms with Crippen molar-refractivity contribution in [2.75, 3.05) is 10.2 Å². The second-order valence-corrected chi connectivity index (χ2v) is 6.56. The standard InChI is InChI=1S/C19H14ClF3N2O2/c1-10-6-11(2)8-14(7-10)25-17(26)15(20)16(18(25)27)24-13-5-3-4-12(9-13)19(21,22)23/h3-9,24H,1-2H3. The van der Waals surface area contributed by atoms with E-state index in [1.165, 1.54) is 12.1 Å². The van der Waals surface area contributed by atoms with Gasteiger partial charge in [0.05, 0.1) is 11.3 Å². The Morgan fingerprint density at radius 2 is 1.59 bits per heavy atom. The summed E-state index contributed by atoms with van der Waals surface area (Å²) in [6.07, 6.45) is -4.53. The van der Waals surface area contributed by atoms with Gasteiger partial charge in [0.15, 0.2) is 0 Å². The van der Waals surface area contributed by atoms with Crippen LogP contribution in [0.5, 0.6) is 0 Å². The zero-order valence-electron chi connectivity index (χ0n) is 14.3. The quantitative estimate of drug-likeness (QED) is 0.764. The molecule has 0 radical (unpaired) electrons. The maximum atomic E-state index is 12.9. The number of halogens is 4. The maximum Gasteiger partial charge on any atom is 0.416 e. The summed E-state index contributed by atoms with van der Waals surface area (Å²) < 4.78 is 38.6. The van der Waals surface area contributed by atoms with Crippen molar-refractivity contribution in [2.24, 2.45) is 0 Å². The molecule has 0 saturated carbocycles. The highest BCUT2D eigenvalue weighted by molar-refractivity contribution is 6.53. The Labute approximate surface area is 158 Å². The third-order valence-electron chi connectivity index (χ3n) is 3.95. The zero-order chi connectivity index (χ0) is 19.9. The monoisotopic (exact) mass is 394 g/mol. The Bertz CT molecular complexity index is 963. The maximum absolute atomic E-state index is 12.9. The Kier molecular flexibility index (Phi) is 4.73. The molecule has 0 unspecified atom stereocenters. The van der Waals surface area contributed by atoms with Crippen LogP contribution in [0, 0.1) is 13.8 Å². The van der Waals surface area contributed by atoms with Gasteiger partial charge in [0.2, 0.25) is 0 Å². The Morgan fingerprint density at radius 3 is 2.19 bits per heavy atom. The number of hydrogen-bond acceptors (Lipinski definition) is 3. The predicted octanol–water partition coefficient (Wildman–Crippen LogP) is 4.76. The molecule has 8 heteroatoms. The van der Waals surface area contributed by atoms with Crippen LogP contribution in [-0.4, -0.2) is 11.8 Å². The van der Waals surface area contributed by atoms with Gasteiger partial charge in [-0.1, -0.05) is 23.7 Å². The molecule has 0 atom stereocenters. The van der Waals surface area contributed by atoms with Crippen LogP contribution >= 0.6 is 11.6 Å². The molecule has 2 aromatic carbocycles. The number of carbonyl (C=O) groups is 2. The first-order valence-corrected chi connectivity index (χ1v) is 8.27. The molecular weight excluding hydrogens is 381 g/mol. The van der Waals surface area contributed by atoms with Crippen molar-refractivity contribution in [1.29, 1.82) is 0 Å². The number of amides is 2. The molecule has 2 amide bonds. The summed E-state index contributed by atoms with van der Waals surface area (Å²) in [5, 5.41) is 2.17. The van der Waals surface area contributed by atoms with Gasteiger partial charge in [-0.2, -0.15) is 13.2 Å². The summed E-state index contributed by atoms with van der Waals surface area (Å²) >= 11 is 6.01. The second kappa shape index (κ2) is 6.74. The number of imide groups is 1. The molecule has 1 N–H and O–H groups in total. The predicted molar refractivity (Wildman–Crippen MR) is 96.4 cm³/mol. The van der Waals surface area contributed by atoms with Crippen LogP contribution in [0.3, 0.4) is 0 Å². The lowest BCUT2D eigenvalue weighted by Crippen LogP contribution is -2.32. The van der Waals surface area contributed by atoms with E-state index in [4.69, 9.17) is 11.6 Å². The van der Waals surface area contributed by atoms with E-state index in [0.717, 1.165) is 28.2 Å². The average Bonchev–Trinajstić information content (AvgIpc) is 2.77. The van der Waals surface area contributed by atoms with E-state index in [1.54, 1.807) is 12.1 Å². The smallest absolute Gasteiger partial charge is 0.350 e. The molecule has 1 aliphatic rings. The van der Waals surface area contributed by atoms with E-state index in [1.807, 2.05) is 19.9 Å². The summed E-state index contributed by atoms with van der Waals surface area (Å²) in [5.41, 5.74) is 0.900.